The summed E-state index contributed by atoms with van der Waals surface area (Å²) in [5.74, 6) is -0.648. The van der Waals surface area contributed by atoms with Crippen LogP contribution in [0.3, 0.4) is 0 Å². The molecule has 0 heterocycles. The van der Waals surface area contributed by atoms with E-state index in [-0.39, 0.29) is 35.1 Å². The third kappa shape index (κ3) is 2.73. The van der Waals surface area contributed by atoms with Crippen LogP contribution in [0.4, 0.5) is 0 Å². The lowest BCUT2D eigenvalue weighted by molar-refractivity contribution is 0.0918. The van der Waals surface area contributed by atoms with Crippen molar-refractivity contribution in [2.75, 3.05) is 0 Å². The average molecular weight is 250 g/mol. The number of phenolic OH excluding ortho intramolecular Hbond substituents is 2. The average Bonchev–Trinajstić information content (AvgIpc) is 2.32. The molecule has 2 rings (SSSR count). The summed E-state index contributed by atoms with van der Waals surface area (Å²) in [6.45, 7) is 0. The smallest absolute Gasteiger partial charge is 0.255 e. The molecule has 2 atom stereocenters. The monoisotopic (exact) mass is 250 g/mol. The molecule has 0 saturated heterocycles. The van der Waals surface area contributed by atoms with Crippen molar-refractivity contribution in [1.82, 2.24) is 5.32 Å². The molecule has 5 nitrogen and oxygen atoms in total. The summed E-state index contributed by atoms with van der Waals surface area (Å²) in [6, 6.07) is 3.85. The molecule has 1 aromatic rings. The molecule has 98 valence electrons. The molecule has 0 bridgehead atoms. The minimum atomic E-state index is -0.352. The summed E-state index contributed by atoms with van der Waals surface area (Å²) in [5.41, 5.74) is 6.11. The summed E-state index contributed by atoms with van der Waals surface area (Å²) >= 11 is 0. The van der Waals surface area contributed by atoms with Gasteiger partial charge in [-0.05, 0) is 25.0 Å². The Labute approximate surface area is 106 Å². The van der Waals surface area contributed by atoms with E-state index in [0.29, 0.717) is 0 Å². The van der Waals surface area contributed by atoms with Crippen LogP contribution in [-0.4, -0.2) is 28.2 Å². The first kappa shape index (κ1) is 12.7. The Morgan fingerprint density at radius 3 is 2.67 bits per heavy atom. The fourth-order valence-electron chi connectivity index (χ4n) is 2.30. The van der Waals surface area contributed by atoms with E-state index < -0.39 is 0 Å². The quantitative estimate of drug-likeness (QED) is 0.632. The lowest BCUT2D eigenvalue weighted by atomic mass is 9.91. The zero-order valence-corrected chi connectivity index (χ0v) is 10.1. The Morgan fingerprint density at radius 1 is 1.28 bits per heavy atom. The molecule has 1 aliphatic carbocycles. The fourth-order valence-corrected chi connectivity index (χ4v) is 2.30. The van der Waals surface area contributed by atoms with Gasteiger partial charge in [-0.2, -0.15) is 0 Å². The first-order valence-corrected chi connectivity index (χ1v) is 6.16. The molecular formula is C13H18N2O3. The van der Waals surface area contributed by atoms with E-state index in [1.165, 1.54) is 12.1 Å². The molecule has 5 N–H and O–H groups in total. The normalized spacial score (nSPS) is 23.6. The molecule has 1 aliphatic rings. The molecular weight excluding hydrogens is 232 g/mol. The van der Waals surface area contributed by atoms with Crippen LogP contribution < -0.4 is 11.1 Å². The lowest BCUT2D eigenvalue weighted by Gasteiger charge is -2.29. The number of carbonyl (C=O) groups is 1. The second-order valence-electron chi connectivity index (χ2n) is 4.73. The van der Waals surface area contributed by atoms with Gasteiger partial charge < -0.3 is 21.3 Å². The molecule has 18 heavy (non-hydrogen) atoms. The largest absolute Gasteiger partial charge is 0.508 e. The Hall–Kier alpha value is -1.75. The van der Waals surface area contributed by atoms with Gasteiger partial charge in [0.15, 0.2) is 0 Å². The predicted molar refractivity (Wildman–Crippen MR) is 67.5 cm³/mol. The van der Waals surface area contributed by atoms with Crippen LogP contribution in [0.1, 0.15) is 36.0 Å². The predicted octanol–water partition coefficient (Wildman–Crippen LogP) is 1.10. The van der Waals surface area contributed by atoms with Crippen molar-refractivity contribution in [3.63, 3.8) is 0 Å². The van der Waals surface area contributed by atoms with E-state index in [4.69, 9.17) is 5.73 Å². The Morgan fingerprint density at radius 2 is 2.00 bits per heavy atom. The molecule has 1 amide bonds. The second kappa shape index (κ2) is 5.27. The van der Waals surface area contributed by atoms with E-state index >= 15 is 0 Å². The number of hydrogen-bond donors (Lipinski definition) is 4. The van der Waals surface area contributed by atoms with Crippen molar-refractivity contribution < 1.29 is 15.0 Å². The number of hydrogen-bond acceptors (Lipinski definition) is 4. The van der Waals surface area contributed by atoms with Crippen molar-refractivity contribution in [2.45, 2.75) is 37.8 Å². The van der Waals surface area contributed by atoms with Gasteiger partial charge in [0.2, 0.25) is 0 Å². The number of phenols is 2. The highest BCUT2D eigenvalue weighted by atomic mass is 16.3. The third-order valence-corrected chi connectivity index (χ3v) is 3.36. The van der Waals surface area contributed by atoms with Crippen molar-refractivity contribution in [2.24, 2.45) is 5.73 Å². The number of aromatic hydroxyl groups is 2. The van der Waals surface area contributed by atoms with E-state index in [0.717, 1.165) is 31.7 Å². The van der Waals surface area contributed by atoms with Gasteiger partial charge in [0, 0.05) is 18.2 Å². The molecule has 0 spiro atoms. The standard InChI is InChI=1S/C13H18N2O3/c14-10-3-1-2-4-11(10)15-13(18)9-6-5-8(16)7-12(9)17/h5-7,10-11,16-17H,1-4,14H2,(H,15,18). The molecule has 1 fully saturated rings. The Balaban J connectivity index is 2.07. The van der Waals surface area contributed by atoms with Crippen LogP contribution in [0.2, 0.25) is 0 Å². The summed E-state index contributed by atoms with van der Waals surface area (Å²) in [4.78, 5) is 12.0. The van der Waals surface area contributed by atoms with Crippen LogP contribution in [0.25, 0.3) is 0 Å². The number of carbonyl (C=O) groups excluding carboxylic acids is 1. The second-order valence-corrected chi connectivity index (χ2v) is 4.73. The molecule has 0 aromatic heterocycles. The van der Waals surface area contributed by atoms with Crippen LogP contribution in [-0.2, 0) is 0 Å². The number of amides is 1. The zero-order chi connectivity index (χ0) is 13.1. The maximum absolute atomic E-state index is 12.0. The van der Waals surface area contributed by atoms with Gasteiger partial charge in [0.05, 0.1) is 5.56 Å². The first-order valence-electron chi connectivity index (χ1n) is 6.16. The van der Waals surface area contributed by atoms with E-state index in [1.807, 2.05) is 0 Å². The van der Waals surface area contributed by atoms with E-state index in [9.17, 15) is 15.0 Å². The molecule has 1 aromatic carbocycles. The SMILES string of the molecule is NC1CCCCC1NC(=O)c1ccc(O)cc1O. The lowest BCUT2D eigenvalue weighted by Crippen LogP contribution is -2.49. The van der Waals surface area contributed by atoms with Crippen LogP contribution >= 0.6 is 0 Å². The van der Waals surface area contributed by atoms with Crippen molar-refractivity contribution in [1.29, 1.82) is 0 Å². The number of nitrogens with one attached hydrogen (secondary N) is 1. The summed E-state index contributed by atoms with van der Waals surface area (Å²) < 4.78 is 0. The molecule has 5 heteroatoms. The molecule has 1 saturated carbocycles. The van der Waals surface area contributed by atoms with Crippen LogP contribution in [0, 0.1) is 0 Å². The third-order valence-electron chi connectivity index (χ3n) is 3.36. The van der Waals surface area contributed by atoms with Crippen molar-refractivity contribution in [3.8, 4) is 11.5 Å². The van der Waals surface area contributed by atoms with Gasteiger partial charge in [-0.3, -0.25) is 4.79 Å². The minimum absolute atomic E-state index is 0.0260. The maximum Gasteiger partial charge on any atom is 0.255 e. The first-order chi connectivity index (χ1) is 8.58. The zero-order valence-electron chi connectivity index (χ0n) is 10.1. The molecule has 2 unspecified atom stereocenters. The van der Waals surface area contributed by atoms with Crippen molar-refractivity contribution in [3.05, 3.63) is 23.8 Å². The van der Waals surface area contributed by atoms with Crippen LogP contribution in [0.5, 0.6) is 11.5 Å². The highest BCUT2D eigenvalue weighted by Crippen LogP contribution is 2.23. The summed E-state index contributed by atoms with van der Waals surface area (Å²) in [5, 5.41) is 21.6. The minimum Gasteiger partial charge on any atom is -0.508 e. The number of benzene rings is 1. The number of nitrogens with two attached hydrogens (primary N) is 1. The maximum atomic E-state index is 12.0. The Kier molecular flexibility index (Phi) is 3.72. The highest BCUT2D eigenvalue weighted by Gasteiger charge is 2.24. The van der Waals surface area contributed by atoms with E-state index in [1.54, 1.807) is 0 Å². The Bertz CT molecular complexity index is 448. The molecule has 0 aliphatic heterocycles. The number of rotatable bonds is 2. The van der Waals surface area contributed by atoms with Crippen LogP contribution in [0.15, 0.2) is 18.2 Å². The van der Waals surface area contributed by atoms with Gasteiger partial charge in [-0.15, -0.1) is 0 Å². The van der Waals surface area contributed by atoms with E-state index in [2.05, 4.69) is 5.32 Å². The highest BCUT2D eigenvalue weighted by molar-refractivity contribution is 5.97. The van der Waals surface area contributed by atoms with Gasteiger partial charge >= 0.3 is 0 Å². The molecule has 0 radical (unpaired) electrons. The fraction of sp³-hybridized carbons (Fsp3) is 0.462. The summed E-state index contributed by atoms with van der Waals surface area (Å²) in [6.07, 6.45) is 3.93. The van der Waals surface area contributed by atoms with Crippen molar-refractivity contribution >= 4 is 5.91 Å². The van der Waals surface area contributed by atoms with Gasteiger partial charge in [-0.1, -0.05) is 12.8 Å². The van der Waals surface area contributed by atoms with Gasteiger partial charge in [0.25, 0.3) is 5.91 Å². The topological polar surface area (TPSA) is 95.6 Å². The summed E-state index contributed by atoms with van der Waals surface area (Å²) in [7, 11) is 0. The van der Waals surface area contributed by atoms with Gasteiger partial charge in [0.1, 0.15) is 11.5 Å². The van der Waals surface area contributed by atoms with Gasteiger partial charge in [-0.25, -0.2) is 0 Å².